The molecule has 0 heterocycles. The van der Waals surface area contributed by atoms with E-state index in [1.165, 1.54) is 0 Å². The maximum Gasteiger partial charge on any atom is 0.152 e. The highest BCUT2D eigenvalue weighted by molar-refractivity contribution is 7.91. The molecule has 0 saturated heterocycles. The quantitative estimate of drug-likeness (QED) is 0.662. The van der Waals surface area contributed by atoms with Crippen molar-refractivity contribution in [3.8, 4) is 0 Å². The molecule has 0 radical (unpaired) electrons. The van der Waals surface area contributed by atoms with Crippen LogP contribution in [0.2, 0.25) is 0 Å². The van der Waals surface area contributed by atoms with E-state index in [-0.39, 0.29) is 10.7 Å². The molecular weight excluding hydrogens is 258 g/mol. The normalized spacial score (nSPS) is 14.9. The van der Waals surface area contributed by atoms with Crippen LogP contribution in [-0.4, -0.2) is 32.0 Å². The maximum atomic E-state index is 11.7. The van der Waals surface area contributed by atoms with Crippen LogP contribution in [0.15, 0.2) is 0 Å². The third kappa shape index (κ3) is 7.93. The highest BCUT2D eigenvalue weighted by Gasteiger charge is 2.23. The lowest BCUT2D eigenvalue weighted by atomic mass is 9.83. The van der Waals surface area contributed by atoms with Crippen molar-refractivity contribution in [2.75, 3.05) is 12.3 Å². The molecule has 0 amide bonds. The third-order valence-corrected chi connectivity index (χ3v) is 5.87. The van der Waals surface area contributed by atoms with Crippen molar-refractivity contribution in [2.24, 2.45) is 5.41 Å². The Morgan fingerprint density at radius 3 is 2.11 bits per heavy atom. The van der Waals surface area contributed by atoms with Gasteiger partial charge in [-0.2, -0.15) is 0 Å². The minimum Gasteiger partial charge on any atom is -0.313 e. The van der Waals surface area contributed by atoms with Gasteiger partial charge in [-0.05, 0) is 45.1 Å². The Morgan fingerprint density at radius 2 is 1.68 bits per heavy atom. The molecule has 3 nitrogen and oxygen atoms in total. The molecule has 0 aromatic heterocycles. The lowest BCUT2D eigenvalue weighted by Crippen LogP contribution is -2.40. The van der Waals surface area contributed by atoms with E-state index in [0.717, 1.165) is 32.2 Å². The van der Waals surface area contributed by atoms with Gasteiger partial charge in [-0.15, -0.1) is 0 Å². The molecule has 116 valence electrons. The molecule has 1 atom stereocenters. The first-order chi connectivity index (χ1) is 8.61. The minimum absolute atomic E-state index is 0.228. The van der Waals surface area contributed by atoms with E-state index in [1.54, 1.807) is 13.8 Å². The van der Waals surface area contributed by atoms with E-state index >= 15 is 0 Å². The molecule has 0 aliphatic carbocycles. The first kappa shape index (κ1) is 18.9. The van der Waals surface area contributed by atoms with E-state index in [1.807, 2.05) is 0 Å². The molecule has 0 bridgehead atoms. The van der Waals surface area contributed by atoms with Crippen molar-refractivity contribution in [3.63, 3.8) is 0 Å². The Bertz CT molecular complexity index is 329. The second-order valence-electron chi connectivity index (χ2n) is 6.78. The van der Waals surface area contributed by atoms with Gasteiger partial charge in [0.1, 0.15) is 0 Å². The smallest absolute Gasteiger partial charge is 0.152 e. The molecule has 0 aliphatic rings. The van der Waals surface area contributed by atoms with Gasteiger partial charge >= 0.3 is 0 Å². The Labute approximate surface area is 120 Å². The topological polar surface area (TPSA) is 46.2 Å². The standard InChI is InChI=1S/C15H33NO2S/c1-7-11-16-14(15(4,5)6)10-8-9-12-19(17,18)13(2)3/h13-14,16H,7-12H2,1-6H3. The molecular formula is C15H33NO2S. The molecule has 4 heteroatoms. The largest absolute Gasteiger partial charge is 0.313 e. The predicted octanol–water partition coefficient (Wildman–Crippen LogP) is 3.39. The summed E-state index contributed by atoms with van der Waals surface area (Å²) < 4.78 is 23.5. The van der Waals surface area contributed by atoms with Crippen LogP contribution in [0.3, 0.4) is 0 Å². The van der Waals surface area contributed by atoms with Gasteiger partial charge in [-0.3, -0.25) is 0 Å². The minimum atomic E-state index is -2.87. The first-order valence-corrected chi connectivity index (χ1v) is 9.27. The summed E-state index contributed by atoms with van der Waals surface area (Å²) in [6.07, 6.45) is 3.94. The fraction of sp³-hybridized carbons (Fsp3) is 1.00. The van der Waals surface area contributed by atoms with Crippen molar-refractivity contribution in [1.82, 2.24) is 5.32 Å². The van der Waals surface area contributed by atoms with Gasteiger partial charge in [0.2, 0.25) is 0 Å². The first-order valence-electron chi connectivity index (χ1n) is 7.56. The average molecular weight is 292 g/mol. The summed E-state index contributed by atoms with van der Waals surface area (Å²) in [4.78, 5) is 0. The van der Waals surface area contributed by atoms with Gasteiger partial charge in [0.15, 0.2) is 9.84 Å². The molecule has 0 fully saturated rings. The van der Waals surface area contributed by atoms with Crippen LogP contribution in [0.4, 0.5) is 0 Å². The van der Waals surface area contributed by atoms with E-state index in [4.69, 9.17) is 0 Å². The van der Waals surface area contributed by atoms with Gasteiger partial charge in [0.25, 0.3) is 0 Å². The molecule has 1 N–H and O–H groups in total. The Balaban J connectivity index is 4.14. The van der Waals surface area contributed by atoms with Crippen LogP contribution in [0.1, 0.15) is 67.2 Å². The summed E-state index contributed by atoms with van der Waals surface area (Å²) >= 11 is 0. The molecule has 0 spiro atoms. The summed E-state index contributed by atoms with van der Waals surface area (Å²) in [6.45, 7) is 13.4. The number of unbranched alkanes of at least 4 members (excludes halogenated alkanes) is 1. The zero-order valence-corrected chi connectivity index (χ0v) is 14.4. The summed E-state index contributed by atoms with van der Waals surface area (Å²) in [6, 6.07) is 0.467. The van der Waals surface area contributed by atoms with Crippen LogP contribution in [0.5, 0.6) is 0 Å². The highest BCUT2D eigenvalue weighted by atomic mass is 32.2. The van der Waals surface area contributed by atoms with Crippen molar-refractivity contribution in [3.05, 3.63) is 0 Å². The highest BCUT2D eigenvalue weighted by Crippen LogP contribution is 2.23. The maximum absolute atomic E-state index is 11.7. The number of nitrogens with one attached hydrogen (secondary N) is 1. The van der Waals surface area contributed by atoms with Gasteiger partial charge in [0, 0.05) is 6.04 Å². The van der Waals surface area contributed by atoms with Crippen LogP contribution in [0.25, 0.3) is 0 Å². The number of rotatable bonds is 9. The zero-order chi connectivity index (χ0) is 15.1. The van der Waals surface area contributed by atoms with E-state index in [2.05, 4.69) is 33.0 Å². The van der Waals surface area contributed by atoms with Crippen molar-refractivity contribution in [2.45, 2.75) is 78.5 Å². The number of hydrogen-bond acceptors (Lipinski definition) is 3. The van der Waals surface area contributed by atoms with Gasteiger partial charge in [-0.1, -0.05) is 34.1 Å². The summed E-state index contributed by atoms with van der Waals surface area (Å²) in [7, 11) is -2.87. The Hall–Kier alpha value is -0.0900. The predicted molar refractivity (Wildman–Crippen MR) is 84.3 cm³/mol. The second kappa shape index (κ2) is 8.25. The van der Waals surface area contributed by atoms with Crippen molar-refractivity contribution < 1.29 is 8.42 Å². The zero-order valence-electron chi connectivity index (χ0n) is 13.6. The van der Waals surface area contributed by atoms with Gasteiger partial charge in [0.05, 0.1) is 11.0 Å². The molecule has 19 heavy (non-hydrogen) atoms. The van der Waals surface area contributed by atoms with Crippen molar-refractivity contribution in [1.29, 1.82) is 0 Å². The van der Waals surface area contributed by atoms with Crippen LogP contribution < -0.4 is 5.32 Å². The van der Waals surface area contributed by atoms with Gasteiger partial charge in [-0.25, -0.2) is 8.42 Å². The number of hydrogen-bond donors (Lipinski definition) is 1. The lowest BCUT2D eigenvalue weighted by Gasteiger charge is -2.32. The Morgan fingerprint density at radius 1 is 1.11 bits per heavy atom. The molecule has 0 rings (SSSR count). The van der Waals surface area contributed by atoms with Crippen LogP contribution in [-0.2, 0) is 9.84 Å². The SMILES string of the molecule is CCCNC(CCCCS(=O)(=O)C(C)C)C(C)(C)C. The van der Waals surface area contributed by atoms with Gasteiger partial charge < -0.3 is 5.32 Å². The molecule has 0 aliphatic heterocycles. The third-order valence-electron chi connectivity index (χ3n) is 3.58. The molecule has 1 unspecified atom stereocenters. The monoisotopic (exact) mass is 291 g/mol. The Kier molecular flexibility index (Phi) is 8.21. The summed E-state index contributed by atoms with van der Waals surface area (Å²) in [5.74, 6) is 0.329. The number of sulfone groups is 1. The van der Waals surface area contributed by atoms with E-state index in [9.17, 15) is 8.42 Å². The van der Waals surface area contributed by atoms with Crippen molar-refractivity contribution >= 4 is 9.84 Å². The van der Waals surface area contributed by atoms with E-state index < -0.39 is 9.84 Å². The average Bonchev–Trinajstić information content (AvgIpc) is 2.26. The summed E-state index contributed by atoms with van der Waals surface area (Å²) in [5.41, 5.74) is 0.228. The van der Waals surface area contributed by atoms with Crippen LogP contribution >= 0.6 is 0 Å². The fourth-order valence-corrected chi connectivity index (χ4v) is 3.13. The fourth-order valence-electron chi connectivity index (χ4n) is 2.05. The van der Waals surface area contributed by atoms with E-state index in [0.29, 0.717) is 11.8 Å². The second-order valence-corrected chi connectivity index (χ2v) is 9.46. The summed E-state index contributed by atoms with van der Waals surface area (Å²) in [5, 5.41) is 3.33. The molecule has 0 aromatic rings. The molecule has 0 saturated carbocycles. The lowest BCUT2D eigenvalue weighted by molar-refractivity contribution is 0.251. The van der Waals surface area contributed by atoms with Crippen LogP contribution in [0, 0.1) is 5.41 Å². The molecule has 0 aromatic carbocycles.